The highest BCUT2D eigenvalue weighted by Crippen LogP contribution is 2.35. The van der Waals surface area contributed by atoms with Crippen molar-refractivity contribution in [3.8, 4) is 0 Å². The summed E-state index contributed by atoms with van der Waals surface area (Å²) in [5.74, 6) is -0.00318. The lowest BCUT2D eigenvalue weighted by atomic mass is 10.0. The van der Waals surface area contributed by atoms with E-state index in [-0.39, 0.29) is 34.1 Å². The smallest absolute Gasteiger partial charge is 0.251 e. The zero-order valence-electron chi connectivity index (χ0n) is 17.8. The van der Waals surface area contributed by atoms with Crippen LogP contribution in [0.5, 0.6) is 0 Å². The molecule has 0 saturated heterocycles. The number of halogens is 2. The molecule has 0 unspecified atom stereocenters. The SMILES string of the molecule is C[C@@H](CNC(=O)c1ccc(CN(c2c(Cl)cccc2Cl)S(C)(=O)=O)cc1)c1ccccc1. The average Bonchev–Trinajstić information content (AvgIpc) is 2.76. The Morgan fingerprint density at radius 2 is 1.53 bits per heavy atom. The van der Waals surface area contributed by atoms with E-state index in [2.05, 4.69) is 12.2 Å². The Bertz CT molecular complexity index is 1160. The van der Waals surface area contributed by atoms with Gasteiger partial charge in [-0.2, -0.15) is 0 Å². The zero-order valence-corrected chi connectivity index (χ0v) is 20.1. The van der Waals surface area contributed by atoms with Gasteiger partial charge in [-0.1, -0.05) is 78.7 Å². The minimum Gasteiger partial charge on any atom is -0.351 e. The highest BCUT2D eigenvalue weighted by atomic mass is 35.5. The monoisotopic (exact) mass is 490 g/mol. The van der Waals surface area contributed by atoms with Crippen molar-refractivity contribution < 1.29 is 13.2 Å². The lowest BCUT2D eigenvalue weighted by Gasteiger charge is -2.24. The van der Waals surface area contributed by atoms with Crippen LogP contribution < -0.4 is 9.62 Å². The first-order chi connectivity index (χ1) is 15.2. The largest absolute Gasteiger partial charge is 0.351 e. The molecule has 0 radical (unpaired) electrons. The number of carbonyl (C=O) groups is 1. The van der Waals surface area contributed by atoms with E-state index in [9.17, 15) is 13.2 Å². The van der Waals surface area contributed by atoms with Crippen LogP contribution in [0.25, 0.3) is 0 Å². The summed E-state index contributed by atoms with van der Waals surface area (Å²) >= 11 is 12.4. The maximum Gasteiger partial charge on any atom is 0.251 e. The minimum atomic E-state index is -3.65. The fraction of sp³-hybridized carbons (Fsp3) is 0.208. The Morgan fingerprint density at radius 3 is 2.09 bits per heavy atom. The van der Waals surface area contributed by atoms with Gasteiger partial charge in [0.1, 0.15) is 0 Å². The number of sulfonamides is 1. The number of benzene rings is 3. The molecule has 1 N–H and O–H groups in total. The molecule has 0 spiro atoms. The third-order valence-electron chi connectivity index (χ3n) is 5.07. The number of rotatable bonds is 8. The second-order valence-electron chi connectivity index (χ2n) is 7.56. The second-order valence-corrected chi connectivity index (χ2v) is 10.3. The maximum absolute atomic E-state index is 12.5. The highest BCUT2D eigenvalue weighted by Gasteiger charge is 2.23. The molecule has 168 valence electrons. The van der Waals surface area contributed by atoms with Gasteiger partial charge in [-0.15, -0.1) is 0 Å². The fourth-order valence-electron chi connectivity index (χ4n) is 3.26. The van der Waals surface area contributed by atoms with Gasteiger partial charge in [0.05, 0.1) is 28.5 Å². The van der Waals surface area contributed by atoms with E-state index in [1.54, 1.807) is 42.5 Å². The van der Waals surface area contributed by atoms with Gasteiger partial charge in [0.25, 0.3) is 5.91 Å². The van der Waals surface area contributed by atoms with Crippen molar-refractivity contribution in [2.45, 2.75) is 19.4 Å². The summed E-state index contributed by atoms with van der Waals surface area (Å²) in [6.45, 7) is 2.60. The van der Waals surface area contributed by atoms with Crippen LogP contribution in [0.2, 0.25) is 10.0 Å². The number of carbonyl (C=O) groups excluding carboxylic acids is 1. The van der Waals surface area contributed by atoms with Gasteiger partial charge in [-0.05, 0) is 41.3 Å². The van der Waals surface area contributed by atoms with Gasteiger partial charge in [-0.25, -0.2) is 8.42 Å². The normalized spacial score (nSPS) is 12.2. The standard InChI is InChI=1S/C24H24Cl2N2O3S/c1-17(19-7-4-3-5-8-19)15-27-24(29)20-13-11-18(12-14-20)16-28(32(2,30)31)23-21(25)9-6-10-22(23)26/h3-14,17H,15-16H2,1-2H3,(H,27,29)/t17-/m0/s1. The molecule has 0 fully saturated rings. The fourth-order valence-corrected chi connectivity index (χ4v) is 4.88. The van der Waals surface area contributed by atoms with Crippen molar-refractivity contribution >= 4 is 44.8 Å². The molecule has 0 saturated carbocycles. The van der Waals surface area contributed by atoms with E-state index in [1.807, 2.05) is 30.3 Å². The number of hydrogen-bond donors (Lipinski definition) is 1. The van der Waals surface area contributed by atoms with Crippen molar-refractivity contribution in [2.24, 2.45) is 0 Å². The molecule has 1 atom stereocenters. The van der Waals surface area contributed by atoms with Crippen LogP contribution in [0.4, 0.5) is 5.69 Å². The summed E-state index contributed by atoms with van der Waals surface area (Å²) in [6.07, 6.45) is 1.10. The molecular weight excluding hydrogens is 467 g/mol. The number of nitrogens with one attached hydrogen (secondary N) is 1. The van der Waals surface area contributed by atoms with E-state index in [1.165, 1.54) is 0 Å². The van der Waals surface area contributed by atoms with Gasteiger partial charge >= 0.3 is 0 Å². The molecule has 0 aliphatic rings. The van der Waals surface area contributed by atoms with E-state index in [0.29, 0.717) is 17.7 Å². The molecule has 3 rings (SSSR count). The Kier molecular flexibility index (Phi) is 7.82. The summed E-state index contributed by atoms with van der Waals surface area (Å²) in [5.41, 5.74) is 2.58. The molecule has 1 amide bonds. The zero-order chi connectivity index (χ0) is 23.3. The van der Waals surface area contributed by atoms with Gasteiger partial charge < -0.3 is 5.32 Å². The number of anilines is 1. The molecule has 8 heteroatoms. The first-order valence-electron chi connectivity index (χ1n) is 10.0. The Morgan fingerprint density at radius 1 is 0.938 bits per heavy atom. The lowest BCUT2D eigenvalue weighted by molar-refractivity contribution is 0.0951. The van der Waals surface area contributed by atoms with Crippen molar-refractivity contribution in [3.05, 3.63) is 99.5 Å². The summed E-state index contributed by atoms with van der Waals surface area (Å²) in [4.78, 5) is 12.5. The van der Waals surface area contributed by atoms with Crippen LogP contribution in [0.3, 0.4) is 0 Å². The number of hydrogen-bond acceptors (Lipinski definition) is 3. The van der Waals surface area contributed by atoms with Crippen LogP contribution in [0.1, 0.15) is 34.3 Å². The number of amides is 1. The predicted octanol–water partition coefficient (Wildman–Crippen LogP) is 5.49. The van der Waals surface area contributed by atoms with Crippen molar-refractivity contribution in [1.29, 1.82) is 0 Å². The van der Waals surface area contributed by atoms with E-state index >= 15 is 0 Å². The van der Waals surface area contributed by atoms with Gasteiger partial charge in [0.15, 0.2) is 0 Å². The molecule has 0 heterocycles. The molecular formula is C24H24Cl2N2O3S. The Labute approximate surface area is 199 Å². The van der Waals surface area contributed by atoms with Crippen LogP contribution >= 0.6 is 23.2 Å². The van der Waals surface area contributed by atoms with Crippen LogP contribution in [0.15, 0.2) is 72.8 Å². The van der Waals surface area contributed by atoms with Crippen molar-refractivity contribution in [2.75, 3.05) is 17.1 Å². The molecule has 3 aromatic carbocycles. The highest BCUT2D eigenvalue weighted by molar-refractivity contribution is 7.92. The number of nitrogens with zero attached hydrogens (tertiary/aromatic N) is 1. The lowest BCUT2D eigenvalue weighted by Crippen LogP contribution is -2.30. The molecule has 3 aromatic rings. The van der Waals surface area contributed by atoms with Crippen molar-refractivity contribution in [1.82, 2.24) is 5.32 Å². The third kappa shape index (κ3) is 6.03. The molecule has 0 bridgehead atoms. The topological polar surface area (TPSA) is 66.5 Å². The summed E-state index contributed by atoms with van der Waals surface area (Å²) < 4.78 is 26.0. The van der Waals surface area contributed by atoms with E-state index in [0.717, 1.165) is 16.1 Å². The van der Waals surface area contributed by atoms with Gasteiger partial charge in [0, 0.05) is 12.1 Å². The van der Waals surface area contributed by atoms with Crippen LogP contribution in [-0.2, 0) is 16.6 Å². The first-order valence-corrected chi connectivity index (χ1v) is 12.6. The predicted molar refractivity (Wildman–Crippen MR) is 131 cm³/mol. The molecule has 5 nitrogen and oxygen atoms in total. The summed E-state index contributed by atoms with van der Waals surface area (Å²) in [5, 5.41) is 3.43. The molecule has 0 aliphatic heterocycles. The van der Waals surface area contributed by atoms with E-state index in [4.69, 9.17) is 23.2 Å². The summed E-state index contributed by atoms with van der Waals surface area (Å²) in [7, 11) is -3.65. The minimum absolute atomic E-state index is 0.0369. The molecule has 32 heavy (non-hydrogen) atoms. The first kappa shape index (κ1) is 24.1. The maximum atomic E-state index is 12.5. The van der Waals surface area contributed by atoms with Crippen LogP contribution in [-0.4, -0.2) is 27.1 Å². The third-order valence-corrected chi connectivity index (χ3v) is 6.79. The quantitative estimate of drug-likeness (QED) is 0.453. The van der Waals surface area contributed by atoms with E-state index < -0.39 is 10.0 Å². The van der Waals surface area contributed by atoms with Gasteiger partial charge in [-0.3, -0.25) is 9.10 Å². The summed E-state index contributed by atoms with van der Waals surface area (Å²) in [6, 6.07) is 21.6. The van der Waals surface area contributed by atoms with Crippen molar-refractivity contribution in [3.63, 3.8) is 0 Å². The van der Waals surface area contributed by atoms with Gasteiger partial charge in [0.2, 0.25) is 10.0 Å². The average molecular weight is 491 g/mol. The number of para-hydroxylation sites is 1. The Hall–Kier alpha value is -2.54. The second kappa shape index (κ2) is 10.4. The Balaban J connectivity index is 1.71. The molecule has 0 aromatic heterocycles. The van der Waals surface area contributed by atoms with Crippen LogP contribution in [0, 0.1) is 0 Å². The molecule has 0 aliphatic carbocycles.